The zero-order valence-corrected chi connectivity index (χ0v) is 15.3. The van der Waals surface area contributed by atoms with Crippen molar-refractivity contribution in [1.29, 1.82) is 0 Å². The number of aryl methyl sites for hydroxylation is 1. The molecule has 0 radical (unpaired) electrons. The van der Waals surface area contributed by atoms with Crippen LogP contribution in [0.2, 0.25) is 0 Å². The average Bonchev–Trinajstić information content (AvgIpc) is 3.15. The minimum absolute atomic E-state index is 0.0421. The van der Waals surface area contributed by atoms with E-state index in [9.17, 15) is 23.4 Å². The number of hydrogen-bond acceptors (Lipinski definition) is 6. The fourth-order valence-electron chi connectivity index (χ4n) is 3.82. The van der Waals surface area contributed by atoms with Crippen LogP contribution in [0, 0.1) is 12.3 Å². The van der Waals surface area contributed by atoms with Crippen LogP contribution < -0.4 is 9.47 Å². The number of rotatable bonds is 5. The molecule has 1 fully saturated rings. The molecular weight excluding hydrogens is 372 g/mol. The highest BCUT2D eigenvalue weighted by molar-refractivity contribution is 7.92. The second-order valence-corrected chi connectivity index (χ2v) is 8.94. The number of aliphatic hydroxyl groups is 1. The number of fused-ring (bicyclic) bond motifs is 1. The molecule has 1 heterocycles. The fourth-order valence-corrected chi connectivity index (χ4v) is 6.19. The van der Waals surface area contributed by atoms with E-state index in [0.29, 0.717) is 17.1 Å². The number of aliphatic carboxylic acids is 1. The molecular formula is C19H18O7S. The van der Waals surface area contributed by atoms with Crippen LogP contribution in [-0.2, 0) is 14.6 Å². The molecule has 2 aromatic rings. The topological polar surface area (TPSA) is 110 Å². The van der Waals surface area contributed by atoms with Gasteiger partial charge >= 0.3 is 5.97 Å². The van der Waals surface area contributed by atoms with Crippen molar-refractivity contribution in [2.75, 3.05) is 13.4 Å². The predicted octanol–water partition coefficient (Wildman–Crippen LogP) is 1.73. The number of carbonyl (C=O) groups is 1. The van der Waals surface area contributed by atoms with Crippen molar-refractivity contribution < 1.29 is 32.9 Å². The molecule has 0 aromatic heterocycles. The number of hydrogen-bond donors (Lipinski definition) is 2. The summed E-state index contributed by atoms with van der Waals surface area (Å²) in [6.07, 6.45) is 0. The molecule has 2 aliphatic rings. The zero-order chi connectivity index (χ0) is 19.4. The maximum absolute atomic E-state index is 13.2. The Morgan fingerprint density at radius 1 is 1.15 bits per heavy atom. The zero-order valence-electron chi connectivity index (χ0n) is 14.5. The second kappa shape index (κ2) is 5.97. The Morgan fingerprint density at radius 3 is 2.44 bits per heavy atom. The van der Waals surface area contributed by atoms with Gasteiger partial charge < -0.3 is 19.7 Å². The molecule has 1 aliphatic carbocycles. The highest BCUT2D eigenvalue weighted by atomic mass is 32.2. The summed E-state index contributed by atoms with van der Waals surface area (Å²) >= 11 is 0. The Morgan fingerprint density at radius 2 is 1.81 bits per heavy atom. The van der Waals surface area contributed by atoms with Gasteiger partial charge in [0.15, 0.2) is 21.3 Å². The normalized spacial score (nSPS) is 26.0. The van der Waals surface area contributed by atoms with Crippen molar-refractivity contribution in [2.24, 2.45) is 5.41 Å². The fraction of sp³-hybridized carbons (Fsp3) is 0.316. The summed E-state index contributed by atoms with van der Waals surface area (Å²) < 4.78 is 36.9. The molecule has 1 saturated carbocycles. The number of carboxylic acid groups (broad SMARTS) is 1. The van der Waals surface area contributed by atoms with E-state index in [2.05, 4.69) is 0 Å². The Labute approximate surface area is 156 Å². The highest BCUT2D eigenvalue weighted by Crippen LogP contribution is 2.64. The molecule has 142 valence electrons. The number of carboxylic acids is 1. The van der Waals surface area contributed by atoms with E-state index < -0.39 is 39.0 Å². The second-order valence-electron chi connectivity index (χ2n) is 6.87. The van der Waals surface area contributed by atoms with E-state index in [1.54, 1.807) is 30.3 Å². The summed E-state index contributed by atoms with van der Waals surface area (Å²) in [7, 11) is -3.97. The van der Waals surface area contributed by atoms with E-state index >= 15 is 0 Å². The molecule has 2 aromatic carbocycles. The molecule has 0 amide bonds. The third-order valence-corrected chi connectivity index (χ3v) is 7.65. The molecule has 7 nitrogen and oxygen atoms in total. The van der Waals surface area contributed by atoms with E-state index in [0.717, 1.165) is 5.56 Å². The van der Waals surface area contributed by atoms with Crippen molar-refractivity contribution in [3.05, 3.63) is 53.6 Å². The SMILES string of the molecule is Cc1ccc(S(=O)(=O)[C@@H]2[C@@H](c3ccc4c(c3)OCO4)[C@@]2(CO)C(=O)O)cc1. The Bertz CT molecular complexity index is 1010. The first kappa shape index (κ1) is 17.8. The lowest BCUT2D eigenvalue weighted by molar-refractivity contribution is -0.145. The van der Waals surface area contributed by atoms with Gasteiger partial charge in [-0.1, -0.05) is 23.8 Å². The highest BCUT2D eigenvalue weighted by Gasteiger charge is 2.75. The van der Waals surface area contributed by atoms with Gasteiger partial charge in [-0.25, -0.2) is 8.42 Å². The summed E-state index contributed by atoms with van der Waals surface area (Å²) in [5, 5.41) is 18.4. The van der Waals surface area contributed by atoms with Crippen LogP contribution in [0.25, 0.3) is 0 Å². The minimum atomic E-state index is -3.97. The number of aliphatic hydroxyl groups excluding tert-OH is 1. The molecule has 27 heavy (non-hydrogen) atoms. The predicted molar refractivity (Wildman–Crippen MR) is 94.6 cm³/mol. The monoisotopic (exact) mass is 390 g/mol. The number of benzene rings is 2. The molecule has 0 saturated heterocycles. The Balaban J connectivity index is 1.80. The van der Waals surface area contributed by atoms with E-state index in [1.807, 2.05) is 6.92 Å². The van der Waals surface area contributed by atoms with Crippen LogP contribution >= 0.6 is 0 Å². The van der Waals surface area contributed by atoms with Gasteiger partial charge in [-0.05, 0) is 36.8 Å². The first-order valence-corrected chi connectivity index (χ1v) is 9.91. The third kappa shape index (κ3) is 2.51. The Kier molecular flexibility index (Phi) is 3.94. The van der Waals surface area contributed by atoms with Crippen molar-refractivity contribution in [2.45, 2.75) is 23.0 Å². The first-order valence-electron chi connectivity index (χ1n) is 8.37. The molecule has 3 atom stereocenters. The molecule has 0 bridgehead atoms. The van der Waals surface area contributed by atoms with Gasteiger partial charge in [0.1, 0.15) is 5.41 Å². The summed E-state index contributed by atoms with van der Waals surface area (Å²) in [6, 6.07) is 11.1. The largest absolute Gasteiger partial charge is 0.481 e. The third-order valence-electron chi connectivity index (χ3n) is 5.36. The van der Waals surface area contributed by atoms with Crippen molar-refractivity contribution >= 4 is 15.8 Å². The van der Waals surface area contributed by atoms with Crippen LogP contribution in [0.15, 0.2) is 47.4 Å². The van der Waals surface area contributed by atoms with Crippen LogP contribution in [0.4, 0.5) is 0 Å². The van der Waals surface area contributed by atoms with Gasteiger partial charge in [-0.2, -0.15) is 0 Å². The van der Waals surface area contributed by atoms with Crippen LogP contribution in [0.3, 0.4) is 0 Å². The van der Waals surface area contributed by atoms with Crippen molar-refractivity contribution in [3.8, 4) is 11.5 Å². The molecule has 2 N–H and O–H groups in total. The van der Waals surface area contributed by atoms with E-state index in [-0.39, 0.29) is 11.7 Å². The summed E-state index contributed by atoms with van der Waals surface area (Å²) in [6.45, 7) is 1.11. The smallest absolute Gasteiger partial charge is 0.314 e. The summed E-state index contributed by atoms with van der Waals surface area (Å²) in [5.41, 5.74) is -0.419. The first-order chi connectivity index (χ1) is 12.8. The standard InChI is InChI=1S/C19H18O7S/c1-11-2-5-13(6-3-11)27(23,24)17-16(19(17,9-20)18(21)22)12-4-7-14-15(8-12)26-10-25-14/h2-8,16-17,20H,9-10H2,1H3,(H,21,22)/t16-,17-,19-/m1/s1. The van der Waals surface area contributed by atoms with Gasteiger partial charge in [0, 0.05) is 5.92 Å². The van der Waals surface area contributed by atoms with Crippen molar-refractivity contribution in [3.63, 3.8) is 0 Å². The molecule has 8 heteroatoms. The van der Waals surface area contributed by atoms with Gasteiger partial charge in [-0.15, -0.1) is 0 Å². The summed E-state index contributed by atoms with van der Waals surface area (Å²) in [4.78, 5) is 12.0. The number of ether oxygens (including phenoxy) is 2. The summed E-state index contributed by atoms with van der Waals surface area (Å²) in [5.74, 6) is -1.28. The van der Waals surface area contributed by atoms with Gasteiger partial charge in [0.25, 0.3) is 0 Å². The average molecular weight is 390 g/mol. The maximum atomic E-state index is 13.2. The molecule has 4 rings (SSSR count). The van der Waals surface area contributed by atoms with Crippen LogP contribution in [-0.4, -0.2) is 43.2 Å². The lowest BCUT2D eigenvalue weighted by Gasteiger charge is -2.10. The van der Waals surface area contributed by atoms with Crippen molar-refractivity contribution in [1.82, 2.24) is 0 Å². The van der Waals surface area contributed by atoms with E-state index in [4.69, 9.17) is 9.47 Å². The van der Waals surface area contributed by atoms with Gasteiger partial charge in [0.05, 0.1) is 16.8 Å². The lowest BCUT2D eigenvalue weighted by atomic mass is 10.00. The molecule has 1 aliphatic heterocycles. The van der Waals surface area contributed by atoms with Crippen LogP contribution in [0.5, 0.6) is 11.5 Å². The van der Waals surface area contributed by atoms with Gasteiger partial charge in [-0.3, -0.25) is 4.79 Å². The number of sulfone groups is 1. The molecule has 0 spiro atoms. The van der Waals surface area contributed by atoms with Gasteiger partial charge in [0.2, 0.25) is 6.79 Å². The van der Waals surface area contributed by atoms with E-state index in [1.165, 1.54) is 12.1 Å². The molecule has 0 unspecified atom stereocenters. The maximum Gasteiger partial charge on any atom is 0.314 e. The minimum Gasteiger partial charge on any atom is -0.481 e. The quantitative estimate of drug-likeness (QED) is 0.800. The van der Waals surface area contributed by atoms with Crippen LogP contribution in [0.1, 0.15) is 17.0 Å². The lowest BCUT2D eigenvalue weighted by Crippen LogP contribution is -2.27. The Hall–Kier alpha value is -2.58.